The van der Waals surface area contributed by atoms with Crippen molar-refractivity contribution in [2.75, 3.05) is 44.7 Å². The van der Waals surface area contributed by atoms with Crippen molar-refractivity contribution in [3.63, 3.8) is 0 Å². The molecule has 0 bridgehead atoms. The van der Waals surface area contributed by atoms with Gasteiger partial charge in [-0.1, -0.05) is 42.5 Å². The molecule has 0 amide bonds. The van der Waals surface area contributed by atoms with Crippen molar-refractivity contribution in [2.45, 2.75) is 62.6 Å². The lowest BCUT2D eigenvalue weighted by Crippen LogP contribution is -2.56. The number of aldehydes is 1. The van der Waals surface area contributed by atoms with Crippen molar-refractivity contribution in [1.29, 1.82) is 10.5 Å². The fourth-order valence-corrected chi connectivity index (χ4v) is 7.23. The average Bonchev–Trinajstić information content (AvgIpc) is 3.48. The summed E-state index contributed by atoms with van der Waals surface area (Å²) >= 11 is 0. The van der Waals surface area contributed by atoms with Gasteiger partial charge in [-0.15, -0.1) is 0 Å². The molecule has 0 radical (unpaired) electrons. The Kier molecular flexibility index (Phi) is 9.16. The van der Waals surface area contributed by atoms with E-state index in [4.69, 9.17) is 14.7 Å². The Bertz CT molecular complexity index is 1600. The minimum Gasteiger partial charge on any atom is -0.462 e. The number of benzene rings is 2. The van der Waals surface area contributed by atoms with Crippen LogP contribution in [0.5, 0.6) is 6.01 Å². The standard InChI is InChI=1S/C35H39N7O2/c1-40-17-5-9-29(40)24-44-35-38-33-21-26(31-12-4-8-25-7-2-3-11-30(25)31)13-14-32(33)34(39-35)41-18-19-42(28(23-41)15-16-36)27(22-37)10-6-20-43/h2-4,6-8,10-12,20,26-29H,5,9,13-15,17-19,21,23-24H2,1H3/t26-,27?,28-,29-/m0/s1. The number of rotatable bonds is 9. The van der Waals surface area contributed by atoms with Crippen LogP contribution in [-0.2, 0) is 17.6 Å². The first-order valence-electron chi connectivity index (χ1n) is 15.7. The highest BCUT2D eigenvalue weighted by Gasteiger charge is 2.35. The van der Waals surface area contributed by atoms with E-state index >= 15 is 0 Å². The van der Waals surface area contributed by atoms with Gasteiger partial charge >= 0.3 is 6.01 Å². The molecular weight excluding hydrogens is 550 g/mol. The Morgan fingerprint density at radius 2 is 1.93 bits per heavy atom. The van der Waals surface area contributed by atoms with Gasteiger partial charge in [0.15, 0.2) is 0 Å². The molecule has 9 nitrogen and oxygen atoms in total. The summed E-state index contributed by atoms with van der Waals surface area (Å²) in [5, 5.41) is 22.0. The van der Waals surface area contributed by atoms with Crippen LogP contribution in [0.15, 0.2) is 54.6 Å². The molecule has 6 rings (SSSR count). The number of likely N-dealkylation sites (N-methyl/N-ethyl adjacent to an activating group) is 1. The third-order valence-electron chi connectivity index (χ3n) is 9.59. The number of anilines is 1. The van der Waals surface area contributed by atoms with Crippen LogP contribution in [0.25, 0.3) is 10.8 Å². The van der Waals surface area contributed by atoms with Crippen LogP contribution in [0.3, 0.4) is 0 Å². The Morgan fingerprint density at radius 1 is 1.07 bits per heavy atom. The Labute approximate surface area is 259 Å². The Morgan fingerprint density at radius 3 is 2.73 bits per heavy atom. The highest BCUT2D eigenvalue weighted by atomic mass is 16.5. The van der Waals surface area contributed by atoms with E-state index in [0.717, 1.165) is 49.3 Å². The van der Waals surface area contributed by atoms with Crippen LogP contribution in [0.2, 0.25) is 0 Å². The summed E-state index contributed by atoms with van der Waals surface area (Å²) in [6.07, 6.45) is 8.88. The zero-order chi connectivity index (χ0) is 30.5. The van der Waals surface area contributed by atoms with Gasteiger partial charge in [-0.05, 0) is 80.1 Å². The van der Waals surface area contributed by atoms with E-state index < -0.39 is 6.04 Å². The number of ether oxygens (including phenoxy) is 1. The maximum absolute atomic E-state index is 11.0. The van der Waals surface area contributed by atoms with E-state index in [-0.39, 0.29) is 12.5 Å². The monoisotopic (exact) mass is 589 g/mol. The fraction of sp³-hybridized carbons (Fsp3) is 0.457. The predicted molar refractivity (Wildman–Crippen MR) is 169 cm³/mol. The van der Waals surface area contributed by atoms with E-state index in [2.05, 4.69) is 71.5 Å². The van der Waals surface area contributed by atoms with Gasteiger partial charge in [0, 0.05) is 37.3 Å². The lowest BCUT2D eigenvalue weighted by Gasteiger charge is -2.43. The second kappa shape index (κ2) is 13.5. The van der Waals surface area contributed by atoms with E-state index in [1.165, 1.54) is 28.8 Å². The quantitative estimate of drug-likeness (QED) is 0.265. The summed E-state index contributed by atoms with van der Waals surface area (Å²) in [6, 6.07) is 19.8. The molecule has 9 heteroatoms. The minimum atomic E-state index is -0.566. The van der Waals surface area contributed by atoms with Crippen LogP contribution in [-0.4, -0.2) is 84.0 Å². The molecule has 1 unspecified atom stereocenters. The molecule has 2 fully saturated rings. The predicted octanol–water partition coefficient (Wildman–Crippen LogP) is 4.43. The number of piperazine rings is 1. The largest absolute Gasteiger partial charge is 0.462 e. The molecule has 0 N–H and O–H groups in total. The maximum Gasteiger partial charge on any atom is 0.318 e. The van der Waals surface area contributed by atoms with Crippen molar-refractivity contribution in [2.24, 2.45) is 0 Å². The molecular formula is C35H39N7O2. The summed E-state index contributed by atoms with van der Waals surface area (Å²) in [6.45, 7) is 3.42. The second-order valence-corrected chi connectivity index (χ2v) is 12.1. The van der Waals surface area contributed by atoms with Gasteiger partial charge in [0.05, 0.1) is 24.3 Å². The van der Waals surface area contributed by atoms with Gasteiger partial charge in [0.25, 0.3) is 0 Å². The molecule has 2 aliphatic heterocycles. The zero-order valence-electron chi connectivity index (χ0n) is 25.3. The Hall–Kier alpha value is -4.31. The van der Waals surface area contributed by atoms with Crippen molar-refractivity contribution >= 4 is 22.9 Å². The van der Waals surface area contributed by atoms with Gasteiger partial charge in [-0.2, -0.15) is 20.5 Å². The highest BCUT2D eigenvalue weighted by molar-refractivity contribution is 5.86. The number of nitriles is 2. The van der Waals surface area contributed by atoms with Crippen LogP contribution in [0.1, 0.15) is 48.4 Å². The number of fused-ring (bicyclic) bond motifs is 2. The molecule has 3 heterocycles. The van der Waals surface area contributed by atoms with E-state index in [1.54, 1.807) is 6.08 Å². The first-order chi connectivity index (χ1) is 21.6. The van der Waals surface area contributed by atoms with Crippen molar-refractivity contribution < 1.29 is 9.53 Å². The lowest BCUT2D eigenvalue weighted by atomic mass is 9.80. The molecule has 0 saturated carbocycles. The van der Waals surface area contributed by atoms with Gasteiger partial charge in [-0.3, -0.25) is 9.69 Å². The number of carbonyl (C=O) groups is 1. The van der Waals surface area contributed by atoms with Gasteiger partial charge in [0.2, 0.25) is 0 Å². The maximum atomic E-state index is 11.0. The summed E-state index contributed by atoms with van der Waals surface area (Å²) in [5.74, 6) is 1.23. The average molecular weight is 590 g/mol. The number of likely N-dealkylation sites (tertiary alicyclic amines) is 1. The number of nitrogens with zero attached hydrogens (tertiary/aromatic N) is 7. The van der Waals surface area contributed by atoms with Gasteiger partial charge < -0.3 is 14.5 Å². The molecule has 2 aromatic carbocycles. The number of hydrogen-bond donors (Lipinski definition) is 0. The molecule has 1 aliphatic carbocycles. The molecule has 44 heavy (non-hydrogen) atoms. The third kappa shape index (κ3) is 6.17. The van der Waals surface area contributed by atoms with E-state index in [1.807, 2.05) is 4.90 Å². The normalized spacial score (nSPS) is 23.2. The van der Waals surface area contributed by atoms with Crippen LogP contribution < -0.4 is 9.64 Å². The summed E-state index contributed by atoms with van der Waals surface area (Å²) < 4.78 is 6.33. The zero-order valence-corrected chi connectivity index (χ0v) is 25.3. The SMILES string of the molecule is CN1CCC[C@H]1COc1nc2c(c(N3CCN(C(C#N)C=CC=O)[C@@H](CC#N)C3)n1)CC[C@H](c1cccc3ccccc13)C2. The minimum absolute atomic E-state index is 0.177. The topological polar surface area (TPSA) is 109 Å². The van der Waals surface area contributed by atoms with Crippen LogP contribution >= 0.6 is 0 Å². The van der Waals surface area contributed by atoms with Crippen LogP contribution in [0.4, 0.5) is 5.82 Å². The number of aromatic nitrogens is 2. The molecule has 3 aliphatic rings. The summed E-state index contributed by atoms with van der Waals surface area (Å²) in [7, 11) is 2.14. The van der Waals surface area contributed by atoms with Crippen molar-refractivity contribution in [3.8, 4) is 18.1 Å². The first-order valence-corrected chi connectivity index (χ1v) is 15.7. The smallest absolute Gasteiger partial charge is 0.318 e. The highest BCUT2D eigenvalue weighted by Crippen LogP contribution is 2.39. The van der Waals surface area contributed by atoms with Gasteiger partial charge in [0.1, 0.15) is 24.8 Å². The Balaban J connectivity index is 1.32. The first kappa shape index (κ1) is 29.7. The van der Waals surface area contributed by atoms with E-state index in [0.29, 0.717) is 50.5 Å². The van der Waals surface area contributed by atoms with E-state index in [9.17, 15) is 15.3 Å². The molecule has 226 valence electrons. The summed E-state index contributed by atoms with van der Waals surface area (Å²) in [4.78, 5) is 27.6. The van der Waals surface area contributed by atoms with Crippen LogP contribution in [0, 0.1) is 22.7 Å². The molecule has 4 atom stereocenters. The molecule has 0 spiro atoms. The third-order valence-corrected chi connectivity index (χ3v) is 9.59. The lowest BCUT2D eigenvalue weighted by molar-refractivity contribution is -0.104. The number of carbonyl (C=O) groups excluding carboxylic acids is 1. The molecule has 3 aromatic rings. The van der Waals surface area contributed by atoms with Crippen molar-refractivity contribution in [1.82, 2.24) is 19.8 Å². The number of hydrogen-bond acceptors (Lipinski definition) is 9. The number of allylic oxidation sites excluding steroid dienone is 1. The van der Waals surface area contributed by atoms with Crippen molar-refractivity contribution in [3.05, 3.63) is 71.4 Å². The molecule has 1 aromatic heterocycles. The van der Waals surface area contributed by atoms with Gasteiger partial charge in [-0.25, -0.2) is 0 Å². The second-order valence-electron chi connectivity index (χ2n) is 12.1. The fourth-order valence-electron chi connectivity index (χ4n) is 7.23. The summed E-state index contributed by atoms with van der Waals surface area (Å²) in [5.41, 5.74) is 3.56. The molecule has 2 saturated heterocycles.